The molecule has 0 aliphatic heterocycles. The van der Waals surface area contributed by atoms with E-state index in [-0.39, 0.29) is 11.1 Å². The molecule has 0 atom stereocenters. The molecule has 0 saturated carbocycles. The highest BCUT2D eigenvalue weighted by Crippen LogP contribution is 2.16. The minimum absolute atomic E-state index is 0.178. The summed E-state index contributed by atoms with van der Waals surface area (Å²) in [6.45, 7) is 0. The van der Waals surface area contributed by atoms with Crippen LogP contribution in [-0.4, -0.2) is 11.1 Å². The zero-order chi connectivity index (χ0) is 18.4. The van der Waals surface area contributed by atoms with E-state index in [1.165, 1.54) is 0 Å². The van der Waals surface area contributed by atoms with Crippen molar-refractivity contribution >= 4 is 57.3 Å². The SMILES string of the molecule is O=C(Nc1ccc(I)cc1)c1ccc(OC(=S)Nc2ccccc2)cc1. The minimum atomic E-state index is -0.178. The number of carbonyl (C=O) groups is 1. The lowest BCUT2D eigenvalue weighted by molar-refractivity contribution is 0.102. The Bertz CT molecular complexity index is 897. The van der Waals surface area contributed by atoms with Gasteiger partial charge in [0, 0.05) is 20.5 Å². The van der Waals surface area contributed by atoms with Gasteiger partial charge < -0.3 is 15.4 Å². The minimum Gasteiger partial charge on any atom is -0.432 e. The number of benzene rings is 3. The molecule has 130 valence electrons. The van der Waals surface area contributed by atoms with E-state index in [0.29, 0.717) is 11.3 Å². The largest absolute Gasteiger partial charge is 0.432 e. The molecular formula is C20H15IN2O2S. The highest BCUT2D eigenvalue weighted by molar-refractivity contribution is 14.1. The normalized spacial score (nSPS) is 10.0. The third-order valence-electron chi connectivity index (χ3n) is 3.45. The van der Waals surface area contributed by atoms with Crippen LogP contribution in [0.3, 0.4) is 0 Å². The first-order valence-electron chi connectivity index (χ1n) is 7.81. The van der Waals surface area contributed by atoms with Gasteiger partial charge in [-0.2, -0.15) is 0 Å². The van der Waals surface area contributed by atoms with Gasteiger partial charge in [-0.3, -0.25) is 4.79 Å². The summed E-state index contributed by atoms with van der Waals surface area (Å²) in [5.41, 5.74) is 2.15. The van der Waals surface area contributed by atoms with E-state index in [1.807, 2.05) is 54.6 Å². The fourth-order valence-corrected chi connectivity index (χ4v) is 2.76. The molecule has 0 unspecified atom stereocenters. The molecule has 4 nitrogen and oxygen atoms in total. The molecule has 1 amide bonds. The Morgan fingerprint density at radius 2 is 1.42 bits per heavy atom. The number of hydrogen-bond donors (Lipinski definition) is 2. The number of hydrogen-bond acceptors (Lipinski definition) is 3. The van der Waals surface area contributed by atoms with Gasteiger partial charge >= 0.3 is 0 Å². The molecule has 0 fully saturated rings. The monoisotopic (exact) mass is 474 g/mol. The van der Waals surface area contributed by atoms with Gasteiger partial charge in [-0.05, 0) is 95.5 Å². The van der Waals surface area contributed by atoms with Crippen LogP contribution in [0.5, 0.6) is 5.75 Å². The van der Waals surface area contributed by atoms with Gasteiger partial charge in [0.15, 0.2) is 0 Å². The Morgan fingerprint density at radius 3 is 2.08 bits per heavy atom. The second-order valence-corrected chi connectivity index (χ2v) is 6.98. The van der Waals surface area contributed by atoms with Crippen LogP contribution in [0.1, 0.15) is 10.4 Å². The van der Waals surface area contributed by atoms with Gasteiger partial charge in [0.05, 0.1) is 0 Å². The second-order valence-electron chi connectivity index (χ2n) is 5.37. The molecule has 0 spiro atoms. The summed E-state index contributed by atoms with van der Waals surface area (Å²) >= 11 is 7.41. The first kappa shape index (κ1) is 18.3. The van der Waals surface area contributed by atoms with Crippen molar-refractivity contribution in [3.05, 3.63) is 88.0 Å². The maximum Gasteiger partial charge on any atom is 0.266 e. The topological polar surface area (TPSA) is 50.4 Å². The van der Waals surface area contributed by atoms with Gasteiger partial charge in [0.2, 0.25) is 0 Å². The smallest absolute Gasteiger partial charge is 0.266 e. The zero-order valence-corrected chi connectivity index (χ0v) is 16.6. The summed E-state index contributed by atoms with van der Waals surface area (Å²) in [6, 6.07) is 24.0. The summed E-state index contributed by atoms with van der Waals surface area (Å²) in [5, 5.41) is 6.09. The number of halogens is 1. The van der Waals surface area contributed by atoms with Crippen molar-refractivity contribution in [3.63, 3.8) is 0 Å². The number of thiocarbonyl (C=S) groups is 1. The molecular weight excluding hydrogens is 459 g/mol. The van der Waals surface area contributed by atoms with E-state index in [9.17, 15) is 4.79 Å². The average Bonchev–Trinajstić information content (AvgIpc) is 2.65. The molecule has 2 N–H and O–H groups in total. The molecule has 26 heavy (non-hydrogen) atoms. The van der Waals surface area contributed by atoms with Crippen molar-refractivity contribution in [1.82, 2.24) is 0 Å². The maximum atomic E-state index is 12.3. The molecule has 0 aromatic heterocycles. The van der Waals surface area contributed by atoms with E-state index >= 15 is 0 Å². The number of ether oxygens (including phenoxy) is 1. The van der Waals surface area contributed by atoms with Crippen molar-refractivity contribution in [3.8, 4) is 5.75 Å². The molecule has 3 aromatic carbocycles. The van der Waals surface area contributed by atoms with Gasteiger partial charge in [-0.25, -0.2) is 0 Å². The van der Waals surface area contributed by atoms with Gasteiger partial charge in [-0.15, -0.1) is 0 Å². The summed E-state index contributed by atoms with van der Waals surface area (Å²) in [7, 11) is 0. The predicted octanol–water partition coefficient (Wildman–Crippen LogP) is 5.32. The van der Waals surface area contributed by atoms with Crippen molar-refractivity contribution in [2.45, 2.75) is 0 Å². The van der Waals surface area contributed by atoms with E-state index in [0.717, 1.165) is 14.9 Å². The first-order chi connectivity index (χ1) is 12.6. The fraction of sp³-hybridized carbons (Fsp3) is 0. The summed E-state index contributed by atoms with van der Waals surface area (Å²) in [5.74, 6) is 0.381. The molecule has 3 rings (SSSR count). The van der Waals surface area contributed by atoms with Crippen LogP contribution in [0, 0.1) is 3.57 Å². The fourth-order valence-electron chi connectivity index (χ4n) is 2.18. The predicted molar refractivity (Wildman–Crippen MR) is 117 cm³/mol. The van der Waals surface area contributed by atoms with Crippen LogP contribution in [-0.2, 0) is 0 Å². The number of amides is 1. The average molecular weight is 474 g/mol. The Hall–Kier alpha value is -2.45. The van der Waals surface area contributed by atoms with Crippen LogP contribution < -0.4 is 15.4 Å². The number of para-hydroxylation sites is 1. The number of nitrogens with one attached hydrogen (secondary N) is 2. The number of carbonyl (C=O) groups excluding carboxylic acids is 1. The maximum absolute atomic E-state index is 12.3. The van der Waals surface area contributed by atoms with Crippen molar-refractivity contribution in [2.24, 2.45) is 0 Å². The molecule has 0 saturated heterocycles. The molecule has 0 heterocycles. The van der Waals surface area contributed by atoms with Gasteiger partial charge in [0.25, 0.3) is 11.1 Å². The van der Waals surface area contributed by atoms with Crippen molar-refractivity contribution in [2.75, 3.05) is 10.6 Å². The van der Waals surface area contributed by atoms with Crippen molar-refractivity contribution in [1.29, 1.82) is 0 Å². The van der Waals surface area contributed by atoms with Crippen molar-refractivity contribution < 1.29 is 9.53 Å². The second kappa shape index (κ2) is 8.77. The summed E-state index contributed by atoms with van der Waals surface area (Å²) < 4.78 is 6.69. The highest BCUT2D eigenvalue weighted by atomic mass is 127. The quantitative estimate of drug-likeness (QED) is 0.397. The number of rotatable bonds is 4. The molecule has 0 radical (unpaired) electrons. The third kappa shape index (κ3) is 5.27. The third-order valence-corrected chi connectivity index (χ3v) is 4.35. The van der Waals surface area contributed by atoms with E-state index in [1.54, 1.807) is 24.3 Å². The Morgan fingerprint density at radius 1 is 0.808 bits per heavy atom. The standard InChI is InChI=1S/C20H15IN2O2S/c21-15-8-10-17(11-9-15)22-19(24)14-6-12-18(13-7-14)25-20(26)23-16-4-2-1-3-5-16/h1-13H,(H,22,24)(H,23,26). The summed E-state index contributed by atoms with van der Waals surface area (Å²) in [4.78, 5) is 12.3. The molecule has 0 aliphatic carbocycles. The van der Waals surface area contributed by atoms with Crippen LogP contribution in [0.25, 0.3) is 0 Å². The molecule has 0 bridgehead atoms. The number of anilines is 2. The lowest BCUT2D eigenvalue weighted by Crippen LogP contribution is -2.16. The lowest BCUT2D eigenvalue weighted by atomic mass is 10.2. The summed E-state index contributed by atoms with van der Waals surface area (Å²) in [6.07, 6.45) is 0. The Labute approximate surface area is 170 Å². The Kier molecular flexibility index (Phi) is 6.19. The Balaban J connectivity index is 1.58. The molecule has 0 aliphatic rings. The molecule has 3 aromatic rings. The van der Waals surface area contributed by atoms with E-state index < -0.39 is 0 Å². The van der Waals surface area contributed by atoms with Crippen LogP contribution in [0.2, 0.25) is 0 Å². The lowest BCUT2D eigenvalue weighted by Gasteiger charge is -2.10. The highest BCUT2D eigenvalue weighted by Gasteiger charge is 2.07. The van der Waals surface area contributed by atoms with Crippen LogP contribution in [0.15, 0.2) is 78.9 Å². The van der Waals surface area contributed by atoms with E-state index in [4.69, 9.17) is 17.0 Å². The zero-order valence-electron chi connectivity index (χ0n) is 13.6. The van der Waals surface area contributed by atoms with Crippen LogP contribution in [0.4, 0.5) is 11.4 Å². The van der Waals surface area contributed by atoms with Gasteiger partial charge in [0.1, 0.15) is 5.75 Å². The first-order valence-corrected chi connectivity index (χ1v) is 9.30. The van der Waals surface area contributed by atoms with E-state index in [2.05, 4.69) is 33.2 Å². The van der Waals surface area contributed by atoms with Crippen LogP contribution >= 0.6 is 34.8 Å². The van der Waals surface area contributed by atoms with Gasteiger partial charge in [-0.1, -0.05) is 18.2 Å². The molecule has 6 heteroatoms.